The summed E-state index contributed by atoms with van der Waals surface area (Å²) in [4.78, 5) is 2.41. The Morgan fingerprint density at radius 3 is 2.52 bits per heavy atom. The zero-order valence-electron chi connectivity index (χ0n) is 12.3. The van der Waals surface area contributed by atoms with Crippen molar-refractivity contribution >= 4 is 17.3 Å². The molecular formula is C16H24ClN3O. The Labute approximate surface area is 131 Å². The summed E-state index contributed by atoms with van der Waals surface area (Å²) in [6.45, 7) is 3.82. The van der Waals surface area contributed by atoms with Gasteiger partial charge in [-0.2, -0.15) is 0 Å². The highest BCUT2D eigenvalue weighted by Gasteiger charge is 2.27. The average Bonchev–Trinajstić information content (AvgIpc) is 2.51. The van der Waals surface area contributed by atoms with Crippen LogP contribution in [0.15, 0.2) is 24.3 Å². The quantitative estimate of drug-likeness (QED) is 0.794. The van der Waals surface area contributed by atoms with E-state index in [0.717, 1.165) is 43.9 Å². The lowest BCUT2D eigenvalue weighted by molar-refractivity contribution is 0.0940. The number of halogens is 1. The van der Waals surface area contributed by atoms with Gasteiger partial charge in [0.1, 0.15) is 0 Å². The van der Waals surface area contributed by atoms with E-state index in [9.17, 15) is 5.11 Å². The molecule has 2 aliphatic heterocycles. The summed E-state index contributed by atoms with van der Waals surface area (Å²) in [5, 5.41) is 17.7. The molecular weight excluding hydrogens is 286 g/mol. The molecule has 0 saturated carbocycles. The first-order valence-corrected chi connectivity index (χ1v) is 8.25. The highest BCUT2D eigenvalue weighted by molar-refractivity contribution is 6.30. The molecule has 4 nitrogen and oxygen atoms in total. The van der Waals surface area contributed by atoms with Crippen LogP contribution >= 0.6 is 11.6 Å². The van der Waals surface area contributed by atoms with Gasteiger partial charge in [0.05, 0.1) is 6.10 Å². The Kier molecular flexibility index (Phi) is 5.01. The lowest BCUT2D eigenvalue weighted by Crippen LogP contribution is -2.55. The van der Waals surface area contributed by atoms with Crippen LogP contribution in [0.3, 0.4) is 0 Å². The molecule has 116 valence electrons. The fourth-order valence-corrected chi connectivity index (χ4v) is 3.42. The van der Waals surface area contributed by atoms with E-state index in [1.54, 1.807) is 0 Å². The molecule has 3 N–H and O–H groups in total. The Morgan fingerprint density at radius 2 is 1.86 bits per heavy atom. The van der Waals surface area contributed by atoms with Crippen LogP contribution in [0.25, 0.3) is 0 Å². The molecule has 2 fully saturated rings. The van der Waals surface area contributed by atoms with Crippen LogP contribution in [0.1, 0.15) is 19.3 Å². The maximum atomic E-state index is 10.0. The molecule has 0 radical (unpaired) electrons. The first-order valence-electron chi connectivity index (χ1n) is 7.88. The minimum atomic E-state index is -0.256. The van der Waals surface area contributed by atoms with Crippen molar-refractivity contribution in [2.75, 3.05) is 31.1 Å². The fraction of sp³-hybridized carbons (Fsp3) is 0.625. The van der Waals surface area contributed by atoms with Gasteiger partial charge in [-0.1, -0.05) is 11.6 Å². The van der Waals surface area contributed by atoms with E-state index in [0.29, 0.717) is 12.6 Å². The lowest BCUT2D eigenvalue weighted by Gasteiger charge is -2.38. The normalized spacial score (nSPS) is 27.8. The van der Waals surface area contributed by atoms with Crippen LogP contribution in [0.4, 0.5) is 5.69 Å². The standard InChI is InChI=1S/C16H24ClN3O/c17-12-1-3-14(4-2-12)20-9-6-13(7-10-20)19-15-5-8-18-11-16(15)21/h1-4,13,15-16,18-19,21H,5-11H2/t15-,16-/m1/s1. The highest BCUT2D eigenvalue weighted by atomic mass is 35.5. The third kappa shape index (κ3) is 3.89. The lowest BCUT2D eigenvalue weighted by atomic mass is 9.98. The predicted octanol–water partition coefficient (Wildman–Crippen LogP) is 1.62. The van der Waals surface area contributed by atoms with Gasteiger partial charge in [0.25, 0.3) is 0 Å². The number of aliphatic hydroxyl groups excluding tert-OH is 1. The highest BCUT2D eigenvalue weighted by Crippen LogP contribution is 2.22. The maximum absolute atomic E-state index is 10.0. The number of hydrogen-bond acceptors (Lipinski definition) is 4. The summed E-state index contributed by atoms with van der Waals surface area (Å²) < 4.78 is 0. The van der Waals surface area contributed by atoms with Gasteiger partial charge in [0, 0.05) is 42.4 Å². The van der Waals surface area contributed by atoms with Crippen LogP contribution in [0, 0.1) is 0 Å². The number of hydrogen-bond donors (Lipinski definition) is 3. The minimum Gasteiger partial charge on any atom is -0.390 e. The van der Waals surface area contributed by atoms with Gasteiger partial charge in [-0.15, -0.1) is 0 Å². The van der Waals surface area contributed by atoms with Gasteiger partial charge >= 0.3 is 0 Å². The first kappa shape index (κ1) is 15.1. The third-order valence-corrected chi connectivity index (χ3v) is 4.84. The molecule has 2 atom stereocenters. The second-order valence-electron chi connectivity index (χ2n) is 6.07. The summed E-state index contributed by atoms with van der Waals surface area (Å²) in [6.07, 6.45) is 3.00. The molecule has 1 aromatic rings. The predicted molar refractivity (Wildman–Crippen MR) is 87.1 cm³/mol. The fourth-order valence-electron chi connectivity index (χ4n) is 3.30. The molecule has 0 bridgehead atoms. The topological polar surface area (TPSA) is 47.5 Å². The van der Waals surface area contributed by atoms with Gasteiger partial charge < -0.3 is 20.6 Å². The Morgan fingerprint density at radius 1 is 1.14 bits per heavy atom. The van der Waals surface area contributed by atoms with Crippen LogP contribution in [0.2, 0.25) is 5.02 Å². The number of rotatable bonds is 3. The molecule has 1 aromatic carbocycles. The van der Waals surface area contributed by atoms with Crippen molar-refractivity contribution < 1.29 is 5.11 Å². The summed E-state index contributed by atoms with van der Waals surface area (Å²) in [6, 6.07) is 8.85. The first-order chi connectivity index (χ1) is 10.2. The third-order valence-electron chi connectivity index (χ3n) is 4.59. The Hall–Kier alpha value is -0.810. The molecule has 2 heterocycles. The van der Waals surface area contributed by atoms with E-state index in [4.69, 9.17) is 11.6 Å². The number of anilines is 1. The van der Waals surface area contributed by atoms with Crippen molar-refractivity contribution in [3.05, 3.63) is 29.3 Å². The van der Waals surface area contributed by atoms with Crippen LogP contribution < -0.4 is 15.5 Å². The van der Waals surface area contributed by atoms with E-state index >= 15 is 0 Å². The number of nitrogens with one attached hydrogen (secondary N) is 2. The second-order valence-corrected chi connectivity index (χ2v) is 6.51. The van der Waals surface area contributed by atoms with Crippen molar-refractivity contribution in [3.8, 4) is 0 Å². The van der Waals surface area contributed by atoms with Crippen LogP contribution in [-0.4, -0.2) is 49.5 Å². The van der Waals surface area contributed by atoms with E-state index in [2.05, 4.69) is 27.7 Å². The molecule has 0 spiro atoms. The Bertz CT molecular complexity index is 445. The van der Waals surface area contributed by atoms with E-state index in [-0.39, 0.29) is 12.1 Å². The van der Waals surface area contributed by atoms with Crippen molar-refractivity contribution in [2.24, 2.45) is 0 Å². The molecule has 3 rings (SSSR count). The van der Waals surface area contributed by atoms with Crippen molar-refractivity contribution in [3.63, 3.8) is 0 Å². The molecule has 0 amide bonds. The van der Waals surface area contributed by atoms with E-state index < -0.39 is 0 Å². The zero-order valence-corrected chi connectivity index (χ0v) is 13.0. The summed E-state index contributed by atoms with van der Waals surface area (Å²) in [5.74, 6) is 0. The van der Waals surface area contributed by atoms with Gasteiger partial charge in [0.15, 0.2) is 0 Å². The monoisotopic (exact) mass is 309 g/mol. The smallest absolute Gasteiger partial charge is 0.0817 e. The van der Waals surface area contributed by atoms with E-state index in [1.807, 2.05) is 12.1 Å². The SMILES string of the molecule is O[C@@H]1CNCC[C@H]1NC1CCN(c2ccc(Cl)cc2)CC1. The molecule has 2 aliphatic rings. The van der Waals surface area contributed by atoms with Gasteiger partial charge in [-0.05, 0) is 50.1 Å². The number of aliphatic hydroxyl groups is 1. The van der Waals surface area contributed by atoms with Crippen molar-refractivity contribution in [1.29, 1.82) is 0 Å². The van der Waals surface area contributed by atoms with Crippen molar-refractivity contribution in [2.45, 2.75) is 37.5 Å². The number of benzene rings is 1. The number of piperidine rings is 2. The summed E-state index contributed by atoms with van der Waals surface area (Å²) in [7, 11) is 0. The van der Waals surface area contributed by atoms with Crippen LogP contribution in [-0.2, 0) is 0 Å². The van der Waals surface area contributed by atoms with Crippen LogP contribution in [0.5, 0.6) is 0 Å². The molecule has 2 saturated heterocycles. The zero-order chi connectivity index (χ0) is 14.7. The van der Waals surface area contributed by atoms with Gasteiger partial charge in [-0.25, -0.2) is 0 Å². The molecule has 0 aliphatic carbocycles. The van der Waals surface area contributed by atoms with Crippen molar-refractivity contribution in [1.82, 2.24) is 10.6 Å². The molecule has 21 heavy (non-hydrogen) atoms. The largest absolute Gasteiger partial charge is 0.390 e. The molecule has 5 heteroatoms. The number of β-amino-alcohol motifs (C(OH)–C–C–N with tert-alkyl or cyclic N) is 1. The van der Waals surface area contributed by atoms with Gasteiger partial charge in [0.2, 0.25) is 0 Å². The summed E-state index contributed by atoms with van der Waals surface area (Å²) >= 11 is 5.94. The second kappa shape index (κ2) is 6.97. The maximum Gasteiger partial charge on any atom is 0.0817 e. The Balaban J connectivity index is 1.49. The van der Waals surface area contributed by atoms with E-state index in [1.165, 1.54) is 5.69 Å². The molecule has 0 aromatic heterocycles. The van der Waals surface area contributed by atoms with Gasteiger partial charge in [-0.3, -0.25) is 0 Å². The minimum absolute atomic E-state index is 0.248. The molecule has 0 unspecified atom stereocenters. The summed E-state index contributed by atoms with van der Waals surface area (Å²) in [5.41, 5.74) is 1.25. The number of nitrogens with zero attached hydrogens (tertiary/aromatic N) is 1. The average molecular weight is 310 g/mol.